The van der Waals surface area contributed by atoms with Gasteiger partial charge >= 0.3 is 0 Å². The third-order valence-electron chi connectivity index (χ3n) is 2.37. The van der Waals surface area contributed by atoms with Crippen LogP contribution in [0.1, 0.15) is 33.6 Å². The van der Waals surface area contributed by atoms with Crippen molar-refractivity contribution in [1.29, 1.82) is 0 Å². The quantitative estimate of drug-likeness (QED) is 0.570. The molecule has 0 saturated heterocycles. The van der Waals surface area contributed by atoms with Crippen LogP contribution in [0.15, 0.2) is 0 Å². The Morgan fingerprint density at radius 2 is 1.89 bits per heavy atom. The fourth-order valence-corrected chi connectivity index (χ4v) is 1.73. The minimum absolute atomic E-state index is 0.415. The normalized spacial score (nSPS) is 29.3. The molecule has 0 aliphatic heterocycles. The molecule has 2 N–H and O–H groups in total. The second kappa shape index (κ2) is 1.98. The van der Waals surface area contributed by atoms with Gasteiger partial charge in [0.2, 0.25) is 0 Å². The minimum Gasteiger partial charge on any atom is -0.328 e. The van der Waals surface area contributed by atoms with Crippen LogP contribution >= 0.6 is 0 Å². The molecular weight excluding hydrogens is 110 g/mol. The highest BCUT2D eigenvalue weighted by Gasteiger charge is 2.37. The largest absolute Gasteiger partial charge is 0.328 e. The van der Waals surface area contributed by atoms with E-state index in [4.69, 9.17) is 5.73 Å². The maximum absolute atomic E-state index is 5.72. The lowest BCUT2D eigenvalue weighted by Gasteiger charge is -2.44. The van der Waals surface area contributed by atoms with Gasteiger partial charge in [0.05, 0.1) is 0 Å². The molecule has 1 aliphatic carbocycles. The summed E-state index contributed by atoms with van der Waals surface area (Å²) in [6.07, 6.45) is 2.65. The summed E-state index contributed by atoms with van der Waals surface area (Å²) >= 11 is 0. The smallest absolute Gasteiger partial charge is 0.00391 e. The molecule has 0 heterocycles. The molecule has 1 fully saturated rings. The first-order chi connectivity index (χ1) is 4.01. The SMILES string of the molecule is C[C@H](N)C1CC(C)(C)C1. The van der Waals surface area contributed by atoms with Crippen molar-refractivity contribution in [1.82, 2.24) is 0 Å². The lowest BCUT2D eigenvalue weighted by Crippen LogP contribution is -2.41. The average molecular weight is 127 g/mol. The Labute approximate surface area is 57.6 Å². The standard InChI is InChI=1S/C8H17N/c1-6(9)7-4-8(2,3)5-7/h6-7H,4-5,9H2,1-3H3/t6-/m0/s1. The summed E-state index contributed by atoms with van der Waals surface area (Å²) in [6.45, 7) is 6.73. The Morgan fingerprint density at radius 3 is 2.00 bits per heavy atom. The van der Waals surface area contributed by atoms with Gasteiger partial charge in [-0.2, -0.15) is 0 Å². The van der Waals surface area contributed by atoms with Crippen molar-refractivity contribution in [3.05, 3.63) is 0 Å². The van der Waals surface area contributed by atoms with Gasteiger partial charge in [0.15, 0.2) is 0 Å². The molecule has 0 unspecified atom stereocenters. The number of hydrogen-bond acceptors (Lipinski definition) is 1. The van der Waals surface area contributed by atoms with Gasteiger partial charge in [-0.25, -0.2) is 0 Å². The van der Waals surface area contributed by atoms with Crippen molar-refractivity contribution in [2.75, 3.05) is 0 Å². The minimum atomic E-state index is 0.415. The summed E-state index contributed by atoms with van der Waals surface area (Å²) in [4.78, 5) is 0. The maximum Gasteiger partial charge on any atom is 0.00391 e. The number of hydrogen-bond donors (Lipinski definition) is 1. The Kier molecular flexibility index (Phi) is 1.55. The van der Waals surface area contributed by atoms with Crippen molar-refractivity contribution in [2.24, 2.45) is 17.1 Å². The molecule has 0 aromatic rings. The molecule has 0 radical (unpaired) electrons. The second-order valence-electron chi connectivity index (χ2n) is 4.19. The van der Waals surface area contributed by atoms with Crippen LogP contribution in [0.25, 0.3) is 0 Å². The van der Waals surface area contributed by atoms with Crippen LogP contribution in [-0.4, -0.2) is 6.04 Å². The highest BCUT2D eigenvalue weighted by atomic mass is 14.7. The van der Waals surface area contributed by atoms with E-state index < -0.39 is 0 Å². The van der Waals surface area contributed by atoms with Gasteiger partial charge in [-0.1, -0.05) is 13.8 Å². The molecular formula is C8H17N. The lowest BCUT2D eigenvalue weighted by atomic mass is 9.62. The molecule has 0 aromatic carbocycles. The third-order valence-corrected chi connectivity index (χ3v) is 2.37. The number of rotatable bonds is 1. The molecule has 1 nitrogen and oxygen atoms in total. The van der Waals surface area contributed by atoms with E-state index >= 15 is 0 Å². The zero-order valence-electron chi connectivity index (χ0n) is 6.65. The summed E-state index contributed by atoms with van der Waals surface area (Å²) in [5, 5.41) is 0. The van der Waals surface area contributed by atoms with Gasteiger partial charge in [-0.3, -0.25) is 0 Å². The van der Waals surface area contributed by atoms with Crippen LogP contribution in [0.2, 0.25) is 0 Å². The van der Waals surface area contributed by atoms with Gasteiger partial charge in [-0.05, 0) is 31.1 Å². The number of nitrogens with two attached hydrogens (primary N) is 1. The molecule has 1 rings (SSSR count). The predicted molar refractivity (Wildman–Crippen MR) is 40.2 cm³/mol. The first-order valence-corrected chi connectivity index (χ1v) is 3.77. The summed E-state index contributed by atoms with van der Waals surface area (Å²) < 4.78 is 0. The summed E-state index contributed by atoms with van der Waals surface area (Å²) in [7, 11) is 0. The fraction of sp³-hybridized carbons (Fsp3) is 1.00. The molecule has 0 spiro atoms. The fourth-order valence-electron chi connectivity index (χ4n) is 1.73. The highest BCUT2D eigenvalue weighted by Crippen LogP contribution is 2.45. The molecule has 1 saturated carbocycles. The van der Waals surface area contributed by atoms with Crippen LogP contribution in [0.4, 0.5) is 0 Å². The van der Waals surface area contributed by atoms with E-state index in [1.807, 2.05) is 0 Å². The van der Waals surface area contributed by atoms with Crippen molar-refractivity contribution in [3.8, 4) is 0 Å². The van der Waals surface area contributed by atoms with Gasteiger partial charge in [0, 0.05) is 6.04 Å². The van der Waals surface area contributed by atoms with Crippen LogP contribution in [0.3, 0.4) is 0 Å². The Bertz CT molecular complexity index is 97.1. The van der Waals surface area contributed by atoms with Crippen molar-refractivity contribution in [3.63, 3.8) is 0 Å². The summed E-state index contributed by atoms with van der Waals surface area (Å²) in [5.74, 6) is 0.806. The molecule has 0 amide bonds. The molecule has 1 aliphatic rings. The van der Waals surface area contributed by atoms with Gasteiger partial charge in [0.1, 0.15) is 0 Å². The molecule has 0 aromatic heterocycles. The van der Waals surface area contributed by atoms with Crippen molar-refractivity contribution < 1.29 is 0 Å². The molecule has 54 valence electrons. The maximum atomic E-state index is 5.72. The van der Waals surface area contributed by atoms with E-state index in [1.165, 1.54) is 12.8 Å². The van der Waals surface area contributed by atoms with Crippen LogP contribution < -0.4 is 5.73 Å². The molecule has 9 heavy (non-hydrogen) atoms. The van der Waals surface area contributed by atoms with Gasteiger partial charge < -0.3 is 5.73 Å². The summed E-state index contributed by atoms with van der Waals surface area (Å²) in [5.41, 5.74) is 6.31. The second-order valence-corrected chi connectivity index (χ2v) is 4.19. The van der Waals surface area contributed by atoms with E-state index in [-0.39, 0.29) is 0 Å². The van der Waals surface area contributed by atoms with Crippen LogP contribution in [-0.2, 0) is 0 Å². The van der Waals surface area contributed by atoms with E-state index in [1.54, 1.807) is 0 Å². The van der Waals surface area contributed by atoms with Gasteiger partial charge in [-0.15, -0.1) is 0 Å². The van der Waals surface area contributed by atoms with Crippen LogP contribution in [0, 0.1) is 11.3 Å². The lowest BCUT2D eigenvalue weighted by molar-refractivity contribution is 0.0806. The summed E-state index contributed by atoms with van der Waals surface area (Å²) in [6, 6.07) is 0.415. The monoisotopic (exact) mass is 127 g/mol. The van der Waals surface area contributed by atoms with Crippen LogP contribution in [0.5, 0.6) is 0 Å². The highest BCUT2D eigenvalue weighted by molar-refractivity contribution is 4.90. The zero-order valence-corrected chi connectivity index (χ0v) is 6.65. The van der Waals surface area contributed by atoms with E-state index in [0.29, 0.717) is 11.5 Å². The first kappa shape index (κ1) is 7.07. The zero-order chi connectivity index (χ0) is 7.07. The van der Waals surface area contributed by atoms with E-state index in [0.717, 1.165) is 5.92 Å². The topological polar surface area (TPSA) is 26.0 Å². The predicted octanol–water partition coefficient (Wildman–Crippen LogP) is 1.77. The molecule has 1 heteroatoms. The Morgan fingerprint density at radius 1 is 1.44 bits per heavy atom. The van der Waals surface area contributed by atoms with Gasteiger partial charge in [0.25, 0.3) is 0 Å². The van der Waals surface area contributed by atoms with E-state index in [9.17, 15) is 0 Å². The third kappa shape index (κ3) is 1.45. The van der Waals surface area contributed by atoms with E-state index in [2.05, 4.69) is 20.8 Å². The average Bonchev–Trinajstić information content (AvgIpc) is 1.59. The van der Waals surface area contributed by atoms with Crippen molar-refractivity contribution >= 4 is 0 Å². The van der Waals surface area contributed by atoms with Crippen molar-refractivity contribution in [2.45, 2.75) is 39.7 Å². The molecule has 1 atom stereocenters. The first-order valence-electron chi connectivity index (χ1n) is 3.77. The Hall–Kier alpha value is -0.0400. The molecule has 0 bridgehead atoms. The Balaban J connectivity index is 2.27.